The van der Waals surface area contributed by atoms with Crippen molar-refractivity contribution in [3.05, 3.63) is 80.8 Å². The van der Waals surface area contributed by atoms with Crippen molar-refractivity contribution in [1.82, 2.24) is 9.97 Å². The molecule has 0 aliphatic carbocycles. The Kier molecular flexibility index (Phi) is 5.11. The second kappa shape index (κ2) is 7.26. The van der Waals surface area contributed by atoms with E-state index in [2.05, 4.69) is 9.97 Å². The number of hydrogen-bond donors (Lipinski definition) is 1. The first-order chi connectivity index (χ1) is 11.1. The van der Waals surface area contributed by atoms with E-state index >= 15 is 0 Å². The maximum atomic E-state index is 6.09. The molecule has 23 heavy (non-hydrogen) atoms. The van der Waals surface area contributed by atoms with Gasteiger partial charge >= 0.3 is 0 Å². The van der Waals surface area contributed by atoms with E-state index in [1.54, 1.807) is 30.6 Å². The quantitative estimate of drug-likeness (QED) is 0.643. The smallest absolute Gasteiger partial charge is 0.123 e. The van der Waals surface area contributed by atoms with Crippen molar-refractivity contribution in [2.24, 2.45) is 0 Å². The number of nitrogens with one attached hydrogen (secondary N) is 1. The Morgan fingerprint density at radius 3 is 2.61 bits per heavy atom. The average Bonchev–Trinajstić information content (AvgIpc) is 3.03. The number of aromatic amines is 1. The second-order valence-electron chi connectivity index (χ2n) is 5.00. The molecular weight excluding hydrogens is 355 g/mol. The van der Waals surface area contributed by atoms with Gasteiger partial charge in [0.2, 0.25) is 0 Å². The van der Waals surface area contributed by atoms with E-state index in [1.807, 2.05) is 18.2 Å². The number of benzene rings is 2. The van der Waals surface area contributed by atoms with E-state index < -0.39 is 0 Å². The van der Waals surface area contributed by atoms with Crippen LogP contribution in [0.3, 0.4) is 0 Å². The van der Waals surface area contributed by atoms with Crippen LogP contribution in [0.15, 0.2) is 48.8 Å². The summed E-state index contributed by atoms with van der Waals surface area (Å²) in [6.07, 6.45) is 4.12. The SMILES string of the molecule is Clc1ccc(OCc2ccc(Cl)c(Cl)c2)c(Cc2ncc[nH]2)c1. The van der Waals surface area contributed by atoms with Crippen LogP contribution in [0.4, 0.5) is 0 Å². The van der Waals surface area contributed by atoms with Crippen molar-refractivity contribution in [1.29, 1.82) is 0 Å². The molecule has 1 heterocycles. The molecule has 3 nitrogen and oxygen atoms in total. The van der Waals surface area contributed by atoms with Crippen LogP contribution in [0.25, 0.3) is 0 Å². The van der Waals surface area contributed by atoms with Gasteiger partial charge in [-0.25, -0.2) is 4.98 Å². The number of hydrogen-bond acceptors (Lipinski definition) is 2. The molecule has 0 spiro atoms. The van der Waals surface area contributed by atoms with Crippen molar-refractivity contribution >= 4 is 34.8 Å². The molecule has 1 N–H and O–H groups in total. The summed E-state index contributed by atoms with van der Waals surface area (Å²) in [5.41, 5.74) is 1.91. The Bertz CT molecular complexity index is 804. The molecule has 2 aromatic carbocycles. The zero-order valence-corrected chi connectivity index (χ0v) is 14.3. The molecule has 0 saturated carbocycles. The summed E-state index contributed by atoms with van der Waals surface area (Å²) in [6, 6.07) is 11.0. The molecule has 0 amide bonds. The minimum Gasteiger partial charge on any atom is -0.489 e. The monoisotopic (exact) mass is 366 g/mol. The molecule has 0 saturated heterocycles. The molecule has 0 aliphatic heterocycles. The van der Waals surface area contributed by atoms with E-state index in [-0.39, 0.29) is 0 Å². The first kappa shape index (κ1) is 16.2. The van der Waals surface area contributed by atoms with Gasteiger partial charge in [0.05, 0.1) is 10.0 Å². The van der Waals surface area contributed by atoms with Crippen molar-refractivity contribution in [3.63, 3.8) is 0 Å². The standard InChI is InChI=1S/C17H13Cl3N2O/c18-13-2-4-16(12(8-13)9-17-21-5-6-22-17)23-10-11-1-3-14(19)15(20)7-11/h1-8H,9-10H2,(H,21,22). The van der Waals surface area contributed by atoms with Crippen LogP contribution in [-0.4, -0.2) is 9.97 Å². The topological polar surface area (TPSA) is 37.9 Å². The summed E-state index contributed by atoms with van der Waals surface area (Å²) in [7, 11) is 0. The summed E-state index contributed by atoms with van der Waals surface area (Å²) in [6.45, 7) is 0.393. The highest BCUT2D eigenvalue weighted by Gasteiger charge is 2.08. The highest BCUT2D eigenvalue weighted by atomic mass is 35.5. The molecule has 1 aromatic heterocycles. The van der Waals surface area contributed by atoms with E-state index in [9.17, 15) is 0 Å². The number of imidazole rings is 1. The Balaban J connectivity index is 1.77. The molecule has 0 fully saturated rings. The lowest BCUT2D eigenvalue weighted by molar-refractivity contribution is 0.303. The third-order valence-corrected chi connectivity index (χ3v) is 4.29. The summed E-state index contributed by atoms with van der Waals surface area (Å²) in [5, 5.41) is 1.70. The van der Waals surface area contributed by atoms with Gasteiger partial charge in [-0.3, -0.25) is 0 Å². The normalized spacial score (nSPS) is 10.7. The molecule has 3 aromatic rings. The molecule has 118 valence electrons. The lowest BCUT2D eigenvalue weighted by Gasteiger charge is -2.12. The van der Waals surface area contributed by atoms with Crippen molar-refractivity contribution in [3.8, 4) is 5.75 Å². The maximum Gasteiger partial charge on any atom is 0.123 e. The van der Waals surface area contributed by atoms with Gasteiger partial charge in [-0.1, -0.05) is 40.9 Å². The van der Waals surface area contributed by atoms with Gasteiger partial charge in [-0.05, 0) is 35.9 Å². The van der Waals surface area contributed by atoms with Gasteiger partial charge < -0.3 is 9.72 Å². The number of H-pyrrole nitrogens is 1. The predicted molar refractivity (Wildman–Crippen MR) is 93.6 cm³/mol. The lowest BCUT2D eigenvalue weighted by Crippen LogP contribution is -2.00. The van der Waals surface area contributed by atoms with Gasteiger partial charge in [0.1, 0.15) is 18.2 Å². The second-order valence-corrected chi connectivity index (χ2v) is 6.25. The number of ether oxygens (including phenoxy) is 1. The van der Waals surface area contributed by atoms with Crippen LogP contribution in [0.1, 0.15) is 17.0 Å². The Morgan fingerprint density at radius 1 is 1.00 bits per heavy atom. The molecule has 0 radical (unpaired) electrons. The van der Waals surface area contributed by atoms with Gasteiger partial charge in [0, 0.05) is 29.4 Å². The Labute approximate surface area is 149 Å². The fraction of sp³-hybridized carbons (Fsp3) is 0.118. The predicted octanol–water partition coefficient (Wildman–Crippen LogP) is 5.54. The average molecular weight is 368 g/mol. The number of halogens is 3. The molecule has 3 rings (SSSR count). The summed E-state index contributed by atoms with van der Waals surface area (Å²) >= 11 is 18.0. The van der Waals surface area contributed by atoms with Gasteiger partial charge in [0.15, 0.2) is 0 Å². The Morgan fingerprint density at radius 2 is 1.87 bits per heavy atom. The van der Waals surface area contributed by atoms with Crippen LogP contribution in [0, 0.1) is 0 Å². The zero-order chi connectivity index (χ0) is 16.2. The first-order valence-corrected chi connectivity index (χ1v) is 8.08. The minimum absolute atomic E-state index is 0.393. The van der Waals surface area contributed by atoms with Crippen molar-refractivity contribution in [2.45, 2.75) is 13.0 Å². The fourth-order valence-electron chi connectivity index (χ4n) is 2.19. The van der Waals surface area contributed by atoms with E-state index in [0.29, 0.717) is 28.1 Å². The van der Waals surface area contributed by atoms with E-state index in [4.69, 9.17) is 39.5 Å². The number of aromatic nitrogens is 2. The number of rotatable bonds is 5. The lowest BCUT2D eigenvalue weighted by atomic mass is 10.1. The van der Waals surface area contributed by atoms with Gasteiger partial charge in [0.25, 0.3) is 0 Å². The summed E-state index contributed by atoms with van der Waals surface area (Å²) < 4.78 is 5.92. The third-order valence-electron chi connectivity index (χ3n) is 3.31. The maximum absolute atomic E-state index is 6.09. The Hall–Kier alpha value is -1.68. The molecule has 0 bridgehead atoms. The molecule has 0 unspecified atom stereocenters. The highest BCUT2D eigenvalue weighted by molar-refractivity contribution is 6.42. The first-order valence-electron chi connectivity index (χ1n) is 6.95. The zero-order valence-electron chi connectivity index (χ0n) is 12.0. The van der Waals surface area contributed by atoms with Crippen LogP contribution in [-0.2, 0) is 13.0 Å². The minimum atomic E-state index is 0.393. The van der Waals surface area contributed by atoms with E-state index in [0.717, 1.165) is 22.7 Å². The van der Waals surface area contributed by atoms with Crippen molar-refractivity contribution < 1.29 is 4.74 Å². The largest absolute Gasteiger partial charge is 0.489 e. The molecule has 0 atom stereocenters. The van der Waals surface area contributed by atoms with Crippen LogP contribution >= 0.6 is 34.8 Å². The fourth-order valence-corrected chi connectivity index (χ4v) is 2.71. The van der Waals surface area contributed by atoms with Crippen LogP contribution in [0.5, 0.6) is 5.75 Å². The summed E-state index contributed by atoms with van der Waals surface area (Å²) in [5.74, 6) is 1.61. The van der Waals surface area contributed by atoms with E-state index in [1.165, 1.54) is 0 Å². The van der Waals surface area contributed by atoms with Crippen molar-refractivity contribution in [2.75, 3.05) is 0 Å². The van der Waals surface area contributed by atoms with Crippen LogP contribution < -0.4 is 4.74 Å². The van der Waals surface area contributed by atoms with Crippen LogP contribution in [0.2, 0.25) is 15.1 Å². The number of nitrogens with zero attached hydrogens (tertiary/aromatic N) is 1. The molecule has 6 heteroatoms. The highest BCUT2D eigenvalue weighted by Crippen LogP contribution is 2.27. The third kappa shape index (κ3) is 4.20. The molecular formula is C17H13Cl3N2O. The molecule has 0 aliphatic rings. The summed E-state index contributed by atoms with van der Waals surface area (Å²) in [4.78, 5) is 7.31. The van der Waals surface area contributed by atoms with Gasteiger partial charge in [-0.15, -0.1) is 0 Å². The van der Waals surface area contributed by atoms with Gasteiger partial charge in [-0.2, -0.15) is 0 Å².